The number of nitrogens with zero attached hydrogens (tertiary/aromatic N) is 1. The van der Waals surface area contributed by atoms with Crippen LogP contribution < -0.4 is 10.6 Å². The molecule has 0 bridgehead atoms. The predicted octanol–water partition coefficient (Wildman–Crippen LogP) is 2.21. The molecule has 0 saturated carbocycles. The molecule has 1 rings (SSSR count). The van der Waals surface area contributed by atoms with Gasteiger partial charge in [-0.2, -0.15) is 0 Å². The number of hydrogen-bond acceptors (Lipinski definition) is 3. The van der Waals surface area contributed by atoms with E-state index in [0.29, 0.717) is 11.4 Å². The van der Waals surface area contributed by atoms with Gasteiger partial charge >= 0.3 is 0 Å². The molecule has 5 heteroatoms. The van der Waals surface area contributed by atoms with Crippen LogP contribution in [0.2, 0.25) is 5.02 Å². The van der Waals surface area contributed by atoms with Gasteiger partial charge in [-0.3, -0.25) is 0 Å². The van der Waals surface area contributed by atoms with Crippen molar-refractivity contribution in [3.05, 3.63) is 28.8 Å². The van der Waals surface area contributed by atoms with E-state index in [9.17, 15) is 0 Å². The molecule has 3 N–H and O–H groups in total. The highest BCUT2D eigenvalue weighted by atomic mass is 35.5. The van der Waals surface area contributed by atoms with Crippen LogP contribution in [0.25, 0.3) is 0 Å². The number of aliphatic hydroxyl groups is 1. The number of hydrogen-bond donors (Lipinski definition) is 2. The maximum Gasteiger partial charge on any atom is 0.0474 e. The molecule has 0 aliphatic rings. The van der Waals surface area contributed by atoms with Crippen LogP contribution in [0.5, 0.6) is 0 Å². The summed E-state index contributed by atoms with van der Waals surface area (Å²) < 4.78 is 0. The van der Waals surface area contributed by atoms with Crippen LogP contribution in [0.15, 0.2) is 18.2 Å². The third kappa shape index (κ3) is 3.83. The van der Waals surface area contributed by atoms with E-state index in [1.54, 1.807) is 0 Å². The Morgan fingerprint density at radius 1 is 1.44 bits per heavy atom. The summed E-state index contributed by atoms with van der Waals surface area (Å²) in [6, 6.07) is 5.57. The fraction of sp³-hybridized carbons (Fsp3) is 0.455. The summed E-state index contributed by atoms with van der Waals surface area (Å²) in [4.78, 5) is 1.98. The van der Waals surface area contributed by atoms with Gasteiger partial charge in [0, 0.05) is 37.5 Å². The molecule has 16 heavy (non-hydrogen) atoms. The zero-order valence-corrected chi connectivity index (χ0v) is 11.1. The van der Waals surface area contributed by atoms with Gasteiger partial charge in [-0.1, -0.05) is 17.7 Å². The first kappa shape index (κ1) is 15.5. The van der Waals surface area contributed by atoms with Crippen LogP contribution >= 0.6 is 24.0 Å². The summed E-state index contributed by atoms with van der Waals surface area (Å²) in [5.41, 5.74) is 7.80. The van der Waals surface area contributed by atoms with Gasteiger partial charge in [-0.15, -0.1) is 12.4 Å². The second-order valence-electron chi connectivity index (χ2n) is 3.72. The van der Waals surface area contributed by atoms with Crippen molar-refractivity contribution in [1.82, 2.24) is 0 Å². The molecule has 0 fully saturated rings. The molecule has 0 radical (unpaired) electrons. The highest BCUT2D eigenvalue weighted by Crippen LogP contribution is 2.27. The number of aliphatic hydroxyl groups excluding tert-OH is 1. The summed E-state index contributed by atoms with van der Waals surface area (Å²) in [6.45, 7) is 0.0763. The Kier molecular flexibility index (Phi) is 6.76. The molecular weight excluding hydrogens is 247 g/mol. The lowest BCUT2D eigenvalue weighted by molar-refractivity contribution is 0.276. The second kappa shape index (κ2) is 6.97. The highest BCUT2D eigenvalue weighted by molar-refractivity contribution is 6.31. The Morgan fingerprint density at radius 3 is 2.50 bits per heavy atom. The molecule has 0 heterocycles. The third-order valence-corrected chi connectivity index (χ3v) is 2.67. The van der Waals surface area contributed by atoms with Crippen LogP contribution in [0.1, 0.15) is 18.0 Å². The van der Waals surface area contributed by atoms with Crippen molar-refractivity contribution in [1.29, 1.82) is 0 Å². The summed E-state index contributed by atoms with van der Waals surface area (Å²) in [5.74, 6) is 0. The lowest BCUT2D eigenvalue weighted by Crippen LogP contribution is -2.13. The molecule has 1 unspecified atom stereocenters. The summed E-state index contributed by atoms with van der Waals surface area (Å²) in [7, 11) is 3.91. The maximum atomic E-state index is 8.80. The molecule has 0 aliphatic heterocycles. The highest BCUT2D eigenvalue weighted by Gasteiger charge is 2.10. The Labute approximate surface area is 108 Å². The molecule has 0 aromatic heterocycles. The Balaban J connectivity index is 0.00000225. The van der Waals surface area contributed by atoms with Crippen LogP contribution in [0.4, 0.5) is 5.69 Å². The minimum atomic E-state index is -0.196. The van der Waals surface area contributed by atoms with Crippen molar-refractivity contribution in [3.8, 4) is 0 Å². The second-order valence-corrected chi connectivity index (χ2v) is 4.13. The van der Waals surface area contributed by atoms with Crippen molar-refractivity contribution < 1.29 is 5.11 Å². The van der Waals surface area contributed by atoms with Crippen molar-refractivity contribution in [2.75, 3.05) is 25.6 Å². The molecule has 0 spiro atoms. The molecule has 3 nitrogen and oxygen atoms in total. The molecule has 1 aromatic carbocycles. The van der Waals surface area contributed by atoms with Crippen molar-refractivity contribution in [2.45, 2.75) is 12.5 Å². The number of anilines is 1. The van der Waals surface area contributed by atoms with E-state index < -0.39 is 0 Å². The van der Waals surface area contributed by atoms with Crippen molar-refractivity contribution in [3.63, 3.8) is 0 Å². The van der Waals surface area contributed by atoms with E-state index in [2.05, 4.69) is 0 Å². The molecule has 0 aliphatic carbocycles. The molecule has 1 aromatic rings. The van der Waals surface area contributed by atoms with Gasteiger partial charge in [0.25, 0.3) is 0 Å². The Hall–Kier alpha value is -0.480. The molecule has 1 atom stereocenters. The fourth-order valence-electron chi connectivity index (χ4n) is 1.39. The first-order valence-electron chi connectivity index (χ1n) is 4.89. The van der Waals surface area contributed by atoms with E-state index in [0.717, 1.165) is 11.3 Å². The zero-order valence-electron chi connectivity index (χ0n) is 9.48. The lowest BCUT2D eigenvalue weighted by Gasteiger charge is -2.17. The van der Waals surface area contributed by atoms with Crippen molar-refractivity contribution >= 4 is 29.7 Å². The van der Waals surface area contributed by atoms with Gasteiger partial charge in [0.15, 0.2) is 0 Å². The average Bonchev–Trinajstić information content (AvgIpc) is 2.17. The standard InChI is InChI=1S/C11H17ClN2O.ClH/c1-14(2)8-3-4-9(10(12)7-8)11(13)5-6-15;/h3-4,7,11,15H,5-6,13H2,1-2H3;1H. The number of nitrogens with two attached hydrogens (primary N) is 1. The van der Waals surface area contributed by atoms with Gasteiger partial charge in [0.05, 0.1) is 0 Å². The molecular formula is C11H18Cl2N2O. The lowest BCUT2D eigenvalue weighted by atomic mass is 10.0. The van der Waals surface area contributed by atoms with Crippen molar-refractivity contribution in [2.24, 2.45) is 5.73 Å². The quantitative estimate of drug-likeness (QED) is 0.877. The molecule has 0 amide bonds. The van der Waals surface area contributed by atoms with Gasteiger partial charge < -0.3 is 15.7 Å². The van der Waals surface area contributed by atoms with E-state index in [-0.39, 0.29) is 25.1 Å². The monoisotopic (exact) mass is 264 g/mol. The van der Waals surface area contributed by atoms with Crippen LogP contribution in [-0.2, 0) is 0 Å². The third-order valence-electron chi connectivity index (χ3n) is 2.34. The van der Waals surface area contributed by atoms with Gasteiger partial charge in [-0.25, -0.2) is 0 Å². The minimum Gasteiger partial charge on any atom is -0.396 e. The van der Waals surface area contributed by atoms with Crippen LogP contribution in [0.3, 0.4) is 0 Å². The first-order valence-corrected chi connectivity index (χ1v) is 5.27. The predicted molar refractivity (Wildman–Crippen MR) is 71.7 cm³/mol. The zero-order chi connectivity index (χ0) is 11.4. The number of halogens is 2. The fourth-order valence-corrected chi connectivity index (χ4v) is 1.70. The topological polar surface area (TPSA) is 49.5 Å². The first-order chi connectivity index (χ1) is 7.06. The summed E-state index contributed by atoms with van der Waals surface area (Å²) >= 11 is 6.12. The number of rotatable bonds is 4. The van der Waals surface area contributed by atoms with E-state index in [1.165, 1.54) is 0 Å². The summed E-state index contributed by atoms with van der Waals surface area (Å²) in [5, 5.41) is 9.46. The van der Waals surface area contributed by atoms with E-state index in [1.807, 2.05) is 37.2 Å². The van der Waals surface area contributed by atoms with Gasteiger partial charge in [0.1, 0.15) is 0 Å². The van der Waals surface area contributed by atoms with E-state index in [4.69, 9.17) is 22.4 Å². The molecule has 92 valence electrons. The van der Waals surface area contributed by atoms with Gasteiger partial charge in [-0.05, 0) is 24.1 Å². The van der Waals surface area contributed by atoms with Crippen LogP contribution in [0, 0.1) is 0 Å². The van der Waals surface area contributed by atoms with Crippen LogP contribution in [-0.4, -0.2) is 25.8 Å². The number of benzene rings is 1. The Morgan fingerprint density at radius 2 is 2.06 bits per heavy atom. The Bertz CT molecular complexity index is 332. The molecule has 0 saturated heterocycles. The SMILES string of the molecule is CN(C)c1ccc(C(N)CCO)c(Cl)c1.Cl. The smallest absolute Gasteiger partial charge is 0.0474 e. The van der Waals surface area contributed by atoms with Gasteiger partial charge in [0.2, 0.25) is 0 Å². The summed E-state index contributed by atoms with van der Waals surface area (Å²) in [6.07, 6.45) is 0.529. The normalized spacial score (nSPS) is 11.8. The minimum absolute atomic E-state index is 0. The largest absolute Gasteiger partial charge is 0.396 e. The average molecular weight is 265 g/mol. The van der Waals surface area contributed by atoms with E-state index >= 15 is 0 Å². The maximum absolute atomic E-state index is 8.80.